The zero-order valence-electron chi connectivity index (χ0n) is 15.2. The number of carboxylic acids is 2. The number of rotatable bonds is 6. The standard InChI is InChI=1S/C17H23ClO5.2Na/c1-9(23-3-2-17(18,15(19)20)16(21)22)14-12-5-10-4-11(7-12)8-13(14)6-10;;/h10-13H,2-8H2,1H3,(H,19,20)(H,21,22);;/q;2*+1/p-2. The Morgan fingerprint density at radius 2 is 1.48 bits per heavy atom. The van der Waals surface area contributed by atoms with Crippen LogP contribution in [0.1, 0.15) is 45.4 Å². The number of carbonyl (C=O) groups is 2. The van der Waals surface area contributed by atoms with Crippen molar-refractivity contribution < 1.29 is 83.7 Å². The molecule has 4 rings (SSSR count). The summed E-state index contributed by atoms with van der Waals surface area (Å²) in [7, 11) is 0. The molecule has 4 fully saturated rings. The fourth-order valence-corrected chi connectivity index (χ4v) is 5.06. The molecule has 0 N–H and O–H groups in total. The maximum absolute atomic E-state index is 10.9. The summed E-state index contributed by atoms with van der Waals surface area (Å²) in [5.74, 6) is -0.0510. The van der Waals surface area contributed by atoms with Gasteiger partial charge in [-0.1, -0.05) is 0 Å². The van der Waals surface area contributed by atoms with Gasteiger partial charge in [-0.15, -0.1) is 11.6 Å². The Kier molecular flexibility index (Phi) is 8.87. The predicted octanol–water partition coefficient (Wildman–Crippen LogP) is -5.39. The molecule has 4 bridgehead atoms. The molecule has 25 heavy (non-hydrogen) atoms. The summed E-state index contributed by atoms with van der Waals surface area (Å²) >= 11 is 5.58. The number of hydrogen-bond donors (Lipinski definition) is 0. The van der Waals surface area contributed by atoms with E-state index in [0.29, 0.717) is 11.8 Å². The van der Waals surface area contributed by atoms with Crippen LogP contribution in [0.15, 0.2) is 11.3 Å². The smallest absolute Gasteiger partial charge is 0.548 e. The van der Waals surface area contributed by atoms with E-state index in [9.17, 15) is 19.8 Å². The van der Waals surface area contributed by atoms with Crippen molar-refractivity contribution in [3.05, 3.63) is 11.3 Å². The fourth-order valence-electron chi connectivity index (χ4n) is 4.98. The Morgan fingerprint density at radius 3 is 1.88 bits per heavy atom. The van der Waals surface area contributed by atoms with Crippen LogP contribution in [-0.2, 0) is 14.3 Å². The first-order valence-corrected chi connectivity index (χ1v) is 8.64. The van der Waals surface area contributed by atoms with Crippen molar-refractivity contribution in [1.29, 1.82) is 0 Å². The van der Waals surface area contributed by atoms with Crippen molar-refractivity contribution in [3.63, 3.8) is 0 Å². The minimum Gasteiger partial charge on any atom is -0.548 e. The van der Waals surface area contributed by atoms with E-state index >= 15 is 0 Å². The van der Waals surface area contributed by atoms with Gasteiger partial charge in [0.2, 0.25) is 0 Å². The minimum absolute atomic E-state index is 0. The van der Waals surface area contributed by atoms with E-state index in [1.165, 1.54) is 37.7 Å². The Bertz CT molecular complexity index is 519. The number of hydrogen-bond acceptors (Lipinski definition) is 5. The summed E-state index contributed by atoms with van der Waals surface area (Å²) in [5, 5.41) is 21.8. The normalized spacial score (nSPS) is 29.4. The van der Waals surface area contributed by atoms with Crippen LogP contribution in [0.5, 0.6) is 0 Å². The summed E-state index contributed by atoms with van der Waals surface area (Å²) in [5.41, 5.74) is 1.36. The molecule has 0 aliphatic heterocycles. The van der Waals surface area contributed by atoms with Crippen LogP contribution in [-0.4, -0.2) is 23.4 Å². The van der Waals surface area contributed by atoms with Crippen LogP contribution >= 0.6 is 11.6 Å². The van der Waals surface area contributed by atoms with Crippen LogP contribution < -0.4 is 69.3 Å². The topological polar surface area (TPSA) is 89.5 Å². The van der Waals surface area contributed by atoms with Gasteiger partial charge in [-0.2, -0.15) is 0 Å². The molecule has 4 aliphatic rings. The second kappa shape index (κ2) is 9.31. The molecule has 8 heteroatoms. The average Bonchev–Trinajstić information content (AvgIpc) is 2.45. The third kappa shape index (κ3) is 4.79. The van der Waals surface area contributed by atoms with Crippen LogP contribution in [0.2, 0.25) is 0 Å². The summed E-state index contributed by atoms with van der Waals surface area (Å²) in [6.07, 6.45) is 5.87. The van der Waals surface area contributed by atoms with Crippen LogP contribution in [0.3, 0.4) is 0 Å². The molecule has 0 unspecified atom stereocenters. The number of carboxylic acid groups (broad SMARTS) is 2. The molecule has 0 atom stereocenters. The molecule has 128 valence electrons. The van der Waals surface area contributed by atoms with Gasteiger partial charge in [-0.25, -0.2) is 0 Å². The van der Waals surface area contributed by atoms with Crippen LogP contribution in [0, 0.1) is 23.7 Å². The fraction of sp³-hybridized carbons (Fsp3) is 0.765. The van der Waals surface area contributed by atoms with Crippen molar-refractivity contribution in [2.75, 3.05) is 6.61 Å². The molecule has 4 saturated carbocycles. The van der Waals surface area contributed by atoms with Crippen molar-refractivity contribution >= 4 is 23.5 Å². The van der Waals surface area contributed by atoms with Crippen molar-refractivity contribution in [2.24, 2.45) is 23.7 Å². The van der Waals surface area contributed by atoms with Gasteiger partial charge in [0, 0.05) is 6.42 Å². The molecule has 0 radical (unpaired) electrons. The van der Waals surface area contributed by atoms with Crippen molar-refractivity contribution in [1.82, 2.24) is 0 Å². The zero-order valence-corrected chi connectivity index (χ0v) is 19.9. The van der Waals surface area contributed by atoms with E-state index in [2.05, 4.69) is 0 Å². The van der Waals surface area contributed by atoms with Gasteiger partial charge < -0.3 is 24.5 Å². The predicted molar refractivity (Wildman–Crippen MR) is 78.9 cm³/mol. The second-order valence-corrected chi connectivity index (χ2v) is 7.94. The van der Waals surface area contributed by atoms with E-state index in [1.807, 2.05) is 6.92 Å². The molecule has 4 aliphatic carbocycles. The minimum atomic E-state index is -2.53. The molecule has 0 aromatic rings. The molecule has 0 spiro atoms. The number of halogens is 1. The SMILES string of the molecule is CC(OCCC(Cl)(C(=O)[O-])C(=O)[O-])=C1C2CC3CC(C2)CC1C3.[Na+].[Na+]. The molecule has 0 aromatic carbocycles. The van der Waals surface area contributed by atoms with Crippen LogP contribution in [0.25, 0.3) is 0 Å². The van der Waals surface area contributed by atoms with E-state index in [0.717, 1.165) is 17.6 Å². The molecule has 0 aromatic heterocycles. The van der Waals surface area contributed by atoms with Gasteiger partial charge >= 0.3 is 59.1 Å². The first-order valence-electron chi connectivity index (χ1n) is 8.26. The van der Waals surface area contributed by atoms with E-state index in [1.54, 1.807) is 0 Å². The number of aliphatic carboxylic acids is 2. The molecular weight excluding hydrogens is 366 g/mol. The number of ether oxygens (including phenoxy) is 1. The van der Waals surface area contributed by atoms with Crippen LogP contribution in [0.4, 0.5) is 0 Å². The Labute approximate surface area is 197 Å². The van der Waals surface area contributed by atoms with E-state index < -0.39 is 16.8 Å². The molecule has 0 heterocycles. The van der Waals surface area contributed by atoms with Gasteiger partial charge in [-0.3, -0.25) is 0 Å². The first-order chi connectivity index (χ1) is 10.8. The average molecular weight is 387 g/mol. The molecular formula is C17H21ClNa2O5. The van der Waals surface area contributed by atoms with Gasteiger partial charge in [-0.05, 0) is 68.3 Å². The summed E-state index contributed by atoms with van der Waals surface area (Å²) in [4.78, 5) is 19.3. The molecule has 0 saturated heterocycles. The Morgan fingerprint density at radius 1 is 1.04 bits per heavy atom. The Hall–Kier alpha value is 0.770. The van der Waals surface area contributed by atoms with Gasteiger partial charge in [0.15, 0.2) is 0 Å². The zero-order chi connectivity index (χ0) is 16.8. The number of allylic oxidation sites excluding steroid dienone is 2. The summed E-state index contributed by atoms with van der Waals surface area (Å²) < 4.78 is 5.68. The van der Waals surface area contributed by atoms with Crippen molar-refractivity contribution in [2.45, 2.75) is 50.3 Å². The molecule has 5 nitrogen and oxygen atoms in total. The third-order valence-corrected chi connectivity index (χ3v) is 6.33. The summed E-state index contributed by atoms with van der Waals surface area (Å²) in [6, 6.07) is 0. The summed E-state index contributed by atoms with van der Waals surface area (Å²) in [6.45, 7) is 1.82. The van der Waals surface area contributed by atoms with Gasteiger partial charge in [0.25, 0.3) is 0 Å². The quantitative estimate of drug-likeness (QED) is 0.197. The second-order valence-electron chi connectivity index (χ2n) is 7.29. The largest absolute Gasteiger partial charge is 1.00 e. The van der Waals surface area contributed by atoms with Gasteiger partial charge in [0.05, 0.1) is 24.3 Å². The number of carbonyl (C=O) groups excluding carboxylic acids is 2. The van der Waals surface area contributed by atoms with E-state index in [4.69, 9.17) is 16.3 Å². The monoisotopic (exact) mass is 386 g/mol. The van der Waals surface area contributed by atoms with Gasteiger partial charge in [0.1, 0.15) is 4.87 Å². The Balaban J connectivity index is 0.00000156. The third-order valence-electron chi connectivity index (χ3n) is 5.84. The molecule has 0 amide bonds. The van der Waals surface area contributed by atoms with E-state index in [-0.39, 0.29) is 72.1 Å². The maximum atomic E-state index is 10.9. The first kappa shape index (κ1) is 23.8. The van der Waals surface area contributed by atoms with Crippen molar-refractivity contribution in [3.8, 4) is 0 Å². The maximum Gasteiger partial charge on any atom is 1.00 e. The number of alkyl halides is 1.